The minimum atomic E-state index is -0.192. The second-order valence-electron chi connectivity index (χ2n) is 3.57. The number of rotatable bonds is 4. The summed E-state index contributed by atoms with van der Waals surface area (Å²) >= 11 is 1.64. The number of methoxy groups -OCH3 is 1. The molecule has 0 aliphatic heterocycles. The summed E-state index contributed by atoms with van der Waals surface area (Å²) in [6, 6.07) is 14.5. The van der Waals surface area contributed by atoms with Crippen molar-refractivity contribution in [2.45, 2.75) is 10.6 Å². The van der Waals surface area contributed by atoms with Crippen molar-refractivity contribution in [1.82, 2.24) is 0 Å². The summed E-state index contributed by atoms with van der Waals surface area (Å²) in [6.07, 6.45) is 0. The summed E-state index contributed by atoms with van der Waals surface area (Å²) in [4.78, 5) is 1.07. The van der Waals surface area contributed by atoms with Crippen LogP contribution in [0.25, 0.3) is 0 Å². The SMILES string of the molecule is COc1ccccc1SCc1cccc(F)c1. The average molecular weight is 248 g/mol. The fraction of sp³-hybridized carbons (Fsp3) is 0.143. The van der Waals surface area contributed by atoms with E-state index >= 15 is 0 Å². The van der Waals surface area contributed by atoms with Crippen molar-refractivity contribution < 1.29 is 9.13 Å². The van der Waals surface area contributed by atoms with Crippen LogP contribution < -0.4 is 4.74 Å². The molecule has 0 aliphatic carbocycles. The monoisotopic (exact) mass is 248 g/mol. The molecule has 2 aromatic rings. The van der Waals surface area contributed by atoms with E-state index in [1.165, 1.54) is 6.07 Å². The largest absolute Gasteiger partial charge is 0.496 e. The number of halogens is 1. The first-order valence-electron chi connectivity index (χ1n) is 5.30. The van der Waals surface area contributed by atoms with Crippen LogP contribution in [0, 0.1) is 5.82 Å². The Morgan fingerprint density at radius 2 is 1.94 bits per heavy atom. The van der Waals surface area contributed by atoms with Crippen LogP contribution in [0.5, 0.6) is 5.75 Å². The Hall–Kier alpha value is -1.48. The molecule has 2 aromatic carbocycles. The number of benzene rings is 2. The van der Waals surface area contributed by atoms with Gasteiger partial charge in [0.2, 0.25) is 0 Å². The molecule has 88 valence electrons. The van der Waals surface area contributed by atoms with E-state index < -0.39 is 0 Å². The number of thioether (sulfide) groups is 1. The molecule has 0 atom stereocenters. The fourth-order valence-corrected chi connectivity index (χ4v) is 2.50. The van der Waals surface area contributed by atoms with Crippen molar-refractivity contribution in [2.75, 3.05) is 7.11 Å². The summed E-state index contributed by atoms with van der Waals surface area (Å²) < 4.78 is 18.3. The Balaban J connectivity index is 2.07. The molecule has 3 heteroatoms. The van der Waals surface area contributed by atoms with E-state index in [0.29, 0.717) is 0 Å². The van der Waals surface area contributed by atoms with E-state index in [1.807, 2.05) is 30.3 Å². The van der Waals surface area contributed by atoms with Gasteiger partial charge in [-0.3, -0.25) is 0 Å². The van der Waals surface area contributed by atoms with Crippen molar-refractivity contribution in [2.24, 2.45) is 0 Å². The second-order valence-corrected chi connectivity index (χ2v) is 4.59. The molecule has 0 radical (unpaired) electrons. The third kappa shape index (κ3) is 3.24. The summed E-state index contributed by atoms with van der Waals surface area (Å²) in [7, 11) is 1.65. The van der Waals surface area contributed by atoms with Gasteiger partial charge in [0.1, 0.15) is 11.6 Å². The maximum absolute atomic E-state index is 13.0. The van der Waals surface area contributed by atoms with Gasteiger partial charge in [-0.15, -0.1) is 11.8 Å². The zero-order chi connectivity index (χ0) is 12.1. The minimum absolute atomic E-state index is 0.192. The summed E-state index contributed by atoms with van der Waals surface area (Å²) in [5.74, 6) is 1.40. The molecule has 0 aliphatic rings. The van der Waals surface area contributed by atoms with Crippen molar-refractivity contribution >= 4 is 11.8 Å². The molecule has 0 spiro atoms. The van der Waals surface area contributed by atoms with Crippen LogP contribution in [0.1, 0.15) is 5.56 Å². The first-order chi connectivity index (χ1) is 8.29. The quantitative estimate of drug-likeness (QED) is 0.752. The van der Waals surface area contributed by atoms with Gasteiger partial charge >= 0.3 is 0 Å². The lowest BCUT2D eigenvalue weighted by Gasteiger charge is -2.07. The van der Waals surface area contributed by atoms with Crippen LogP contribution in [0.3, 0.4) is 0 Å². The van der Waals surface area contributed by atoms with Crippen LogP contribution in [-0.4, -0.2) is 7.11 Å². The predicted octanol–water partition coefficient (Wildman–Crippen LogP) is 4.13. The normalized spacial score (nSPS) is 10.2. The van der Waals surface area contributed by atoms with Gasteiger partial charge in [-0.1, -0.05) is 24.3 Å². The molecule has 0 amide bonds. The lowest BCUT2D eigenvalue weighted by molar-refractivity contribution is 0.405. The lowest BCUT2D eigenvalue weighted by Crippen LogP contribution is -1.87. The van der Waals surface area contributed by atoms with E-state index in [0.717, 1.165) is 22.0 Å². The molecular weight excluding hydrogens is 235 g/mol. The maximum atomic E-state index is 13.0. The van der Waals surface area contributed by atoms with Crippen LogP contribution in [-0.2, 0) is 5.75 Å². The van der Waals surface area contributed by atoms with Gasteiger partial charge in [0.05, 0.1) is 7.11 Å². The highest BCUT2D eigenvalue weighted by atomic mass is 32.2. The predicted molar refractivity (Wildman–Crippen MR) is 69.0 cm³/mol. The third-order valence-electron chi connectivity index (χ3n) is 2.35. The van der Waals surface area contributed by atoms with Crippen LogP contribution in [0.4, 0.5) is 4.39 Å². The molecule has 17 heavy (non-hydrogen) atoms. The summed E-state index contributed by atoms with van der Waals surface area (Å²) in [5.41, 5.74) is 0.973. The Labute approximate surface area is 105 Å². The highest BCUT2D eigenvalue weighted by molar-refractivity contribution is 7.98. The molecule has 2 rings (SSSR count). The molecule has 0 saturated heterocycles. The third-order valence-corrected chi connectivity index (χ3v) is 3.48. The zero-order valence-electron chi connectivity index (χ0n) is 9.52. The molecule has 1 nitrogen and oxygen atoms in total. The van der Waals surface area contributed by atoms with Gasteiger partial charge in [-0.25, -0.2) is 4.39 Å². The first kappa shape index (κ1) is 12.0. The standard InChI is InChI=1S/C14H13FOS/c1-16-13-7-2-3-8-14(13)17-10-11-5-4-6-12(15)9-11/h2-9H,10H2,1H3. The van der Waals surface area contributed by atoms with Crippen molar-refractivity contribution in [3.63, 3.8) is 0 Å². The van der Waals surface area contributed by atoms with Crippen LogP contribution in [0.15, 0.2) is 53.4 Å². The molecule has 0 heterocycles. The van der Waals surface area contributed by atoms with Gasteiger partial charge < -0.3 is 4.74 Å². The molecule has 0 fully saturated rings. The average Bonchev–Trinajstić information content (AvgIpc) is 2.37. The van der Waals surface area contributed by atoms with E-state index in [4.69, 9.17) is 4.74 Å². The fourth-order valence-electron chi connectivity index (χ4n) is 1.53. The number of hydrogen-bond acceptors (Lipinski definition) is 2. The van der Waals surface area contributed by atoms with E-state index in [9.17, 15) is 4.39 Å². The lowest BCUT2D eigenvalue weighted by atomic mass is 10.2. The Morgan fingerprint density at radius 3 is 2.71 bits per heavy atom. The van der Waals surface area contributed by atoms with E-state index in [2.05, 4.69) is 0 Å². The molecule has 0 N–H and O–H groups in total. The van der Waals surface area contributed by atoms with Crippen LogP contribution in [0.2, 0.25) is 0 Å². The maximum Gasteiger partial charge on any atom is 0.132 e. The van der Waals surface area contributed by atoms with Gasteiger partial charge in [0, 0.05) is 10.6 Å². The Kier molecular flexibility index (Phi) is 4.04. The number of ether oxygens (including phenoxy) is 1. The second kappa shape index (κ2) is 5.73. The smallest absolute Gasteiger partial charge is 0.132 e. The summed E-state index contributed by atoms with van der Waals surface area (Å²) in [5, 5.41) is 0. The topological polar surface area (TPSA) is 9.23 Å². The molecular formula is C14H13FOS. The number of para-hydroxylation sites is 1. The number of hydrogen-bond donors (Lipinski definition) is 0. The van der Waals surface area contributed by atoms with Gasteiger partial charge in [-0.2, -0.15) is 0 Å². The van der Waals surface area contributed by atoms with E-state index in [1.54, 1.807) is 31.0 Å². The minimum Gasteiger partial charge on any atom is -0.496 e. The van der Waals surface area contributed by atoms with Gasteiger partial charge in [0.15, 0.2) is 0 Å². The zero-order valence-corrected chi connectivity index (χ0v) is 10.3. The molecule has 0 aromatic heterocycles. The van der Waals surface area contributed by atoms with Crippen LogP contribution >= 0.6 is 11.8 Å². The highest BCUT2D eigenvalue weighted by Crippen LogP contribution is 2.31. The van der Waals surface area contributed by atoms with Crippen molar-refractivity contribution in [3.05, 3.63) is 59.9 Å². The Bertz CT molecular complexity index is 499. The van der Waals surface area contributed by atoms with Crippen molar-refractivity contribution in [3.8, 4) is 5.75 Å². The summed E-state index contributed by atoms with van der Waals surface area (Å²) in [6.45, 7) is 0. The molecule has 0 saturated carbocycles. The van der Waals surface area contributed by atoms with Crippen molar-refractivity contribution in [1.29, 1.82) is 0 Å². The van der Waals surface area contributed by atoms with Gasteiger partial charge in [-0.05, 0) is 29.8 Å². The molecule has 0 bridgehead atoms. The Morgan fingerprint density at radius 1 is 1.12 bits per heavy atom. The highest BCUT2D eigenvalue weighted by Gasteiger charge is 2.03. The molecule has 0 unspecified atom stereocenters. The van der Waals surface area contributed by atoms with Gasteiger partial charge in [0.25, 0.3) is 0 Å². The first-order valence-corrected chi connectivity index (χ1v) is 6.28. The van der Waals surface area contributed by atoms with E-state index in [-0.39, 0.29) is 5.82 Å².